The molecule has 0 amide bonds. The maximum absolute atomic E-state index is 9.85. The molecule has 4 heteroatoms. The van der Waals surface area contributed by atoms with E-state index in [2.05, 4.69) is 35.2 Å². The van der Waals surface area contributed by atoms with E-state index in [1.165, 1.54) is 18.5 Å². The lowest BCUT2D eigenvalue weighted by atomic mass is 9.77. The van der Waals surface area contributed by atoms with Crippen molar-refractivity contribution in [2.24, 2.45) is 11.3 Å². The van der Waals surface area contributed by atoms with Crippen molar-refractivity contribution in [1.29, 1.82) is 0 Å². The Balaban J connectivity index is 2.01. The van der Waals surface area contributed by atoms with Gasteiger partial charge in [0.25, 0.3) is 0 Å². The van der Waals surface area contributed by atoms with Crippen LogP contribution < -0.4 is 0 Å². The van der Waals surface area contributed by atoms with Gasteiger partial charge < -0.3 is 9.67 Å². The molecule has 2 rings (SSSR count). The summed E-state index contributed by atoms with van der Waals surface area (Å²) in [7, 11) is 0. The second-order valence-electron chi connectivity index (χ2n) is 7.15. The van der Waals surface area contributed by atoms with Crippen LogP contribution in [0.2, 0.25) is 0 Å². The molecule has 21 heavy (non-hydrogen) atoms. The minimum Gasteiger partial charge on any atom is -0.396 e. The molecule has 1 N–H and O–H groups in total. The van der Waals surface area contributed by atoms with Crippen molar-refractivity contribution in [3.8, 4) is 0 Å². The van der Waals surface area contributed by atoms with Crippen molar-refractivity contribution in [3.63, 3.8) is 0 Å². The molecule has 4 nitrogen and oxygen atoms in total. The SMILES string of the molecule is CCCC1(CO)CCCN(Cc2cncn2CC(C)C)C1. The van der Waals surface area contributed by atoms with E-state index in [9.17, 15) is 5.11 Å². The Kier molecular flexibility index (Phi) is 5.82. The van der Waals surface area contributed by atoms with Crippen molar-refractivity contribution < 1.29 is 5.11 Å². The van der Waals surface area contributed by atoms with Crippen LogP contribution in [-0.2, 0) is 13.1 Å². The molecule has 1 aliphatic rings. The van der Waals surface area contributed by atoms with Gasteiger partial charge in [-0.05, 0) is 31.7 Å². The van der Waals surface area contributed by atoms with E-state index in [1.54, 1.807) is 0 Å². The third-order valence-electron chi connectivity index (χ3n) is 4.60. The average Bonchev–Trinajstić information content (AvgIpc) is 2.86. The lowest BCUT2D eigenvalue weighted by molar-refractivity contribution is 0.0207. The molecule has 1 unspecified atom stereocenters. The van der Waals surface area contributed by atoms with Crippen LogP contribution in [0.4, 0.5) is 0 Å². The second kappa shape index (κ2) is 7.41. The third-order valence-corrected chi connectivity index (χ3v) is 4.60. The number of aliphatic hydroxyl groups is 1. The summed E-state index contributed by atoms with van der Waals surface area (Å²) < 4.78 is 2.28. The highest BCUT2D eigenvalue weighted by molar-refractivity contribution is 5.00. The molecule has 0 aromatic carbocycles. The van der Waals surface area contributed by atoms with E-state index in [0.717, 1.165) is 39.0 Å². The number of piperidine rings is 1. The van der Waals surface area contributed by atoms with Gasteiger partial charge in [-0.25, -0.2) is 4.98 Å². The number of nitrogens with zero attached hydrogens (tertiary/aromatic N) is 3. The molecule has 1 fully saturated rings. The maximum atomic E-state index is 9.85. The standard InChI is InChI=1S/C17H31N3O/c1-4-6-17(13-21)7-5-8-19(12-17)11-16-9-18-14-20(16)10-15(2)3/h9,14-15,21H,4-8,10-13H2,1-3H3. The Morgan fingerprint density at radius 3 is 2.90 bits per heavy atom. The van der Waals surface area contributed by atoms with Crippen LogP contribution in [0.3, 0.4) is 0 Å². The Morgan fingerprint density at radius 2 is 2.24 bits per heavy atom. The first-order valence-electron chi connectivity index (χ1n) is 8.41. The number of hydrogen-bond acceptors (Lipinski definition) is 3. The Morgan fingerprint density at radius 1 is 1.43 bits per heavy atom. The number of rotatable bonds is 7. The summed E-state index contributed by atoms with van der Waals surface area (Å²) in [6, 6.07) is 0. The first-order chi connectivity index (χ1) is 10.1. The first-order valence-corrected chi connectivity index (χ1v) is 8.41. The summed E-state index contributed by atoms with van der Waals surface area (Å²) in [6.07, 6.45) is 8.59. The fourth-order valence-corrected chi connectivity index (χ4v) is 3.65. The van der Waals surface area contributed by atoms with Gasteiger partial charge in [-0.3, -0.25) is 4.90 Å². The Bertz CT molecular complexity index is 425. The normalized spacial score (nSPS) is 23.9. The average molecular weight is 293 g/mol. The van der Waals surface area contributed by atoms with Gasteiger partial charge in [0.2, 0.25) is 0 Å². The molecule has 120 valence electrons. The van der Waals surface area contributed by atoms with Gasteiger partial charge in [0.15, 0.2) is 0 Å². The molecule has 1 saturated heterocycles. The molecular weight excluding hydrogens is 262 g/mol. The topological polar surface area (TPSA) is 41.3 Å². The van der Waals surface area contributed by atoms with Crippen LogP contribution in [-0.4, -0.2) is 39.3 Å². The zero-order chi connectivity index (χ0) is 15.3. The number of imidazole rings is 1. The van der Waals surface area contributed by atoms with E-state index in [4.69, 9.17) is 0 Å². The summed E-state index contributed by atoms with van der Waals surface area (Å²) in [6.45, 7) is 11.2. The fourth-order valence-electron chi connectivity index (χ4n) is 3.65. The highest BCUT2D eigenvalue weighted by Crippen LogP contribution is 2.34. The van der Waals surface area contributed by atoms with Crippen molar-refractivity contribution in [1.82, 2.24) is 14.5 Å². The summed E-state index contributed by atoms with van der Waals surface area (Å²) >= 11 is 0. The van der Waals surface area contributed by atoms with E-state index >= 15 is 0 Å². The number of aliphatic hydroxyl groups excluding tert-OH is 1. The Labute approximate surface area is 129 Å². The summed E-state index contributed by atoms with van der Waals surface area (Å²) in [4.78, 5) is 6.82. The second-order valence-corrected chi connectivity index (χ2v) is 7.15. The molecule has 0 saturated carbocycles. The van der Waals surface area contributed by atoms with Crippen molar-refractivity contribution in [2.45, 2.75) is 59.5 Å². The summed E-state index contributed by atoms with van der Waals surface area (Å²) in [5.74, 6) is 0.635. The molecule has 1 aromatic rings. The van der Waals surface area contributed by atoms with Crippen LogP contribution in [0.5, 0.6) is 0 Å². The largest absolute Gasteiger partial charge is 0.396 e. The molecule has 0 spiro atoms. The van der Waals surface area contributed by atoms with Crippen LogP contribution in [0, 0.1) is 11.3 Å². The lowest BCUT2D eigenvalue weighted by Gasteiger charge is -2.42. The van der Waals surface area contributed by atoms with Crippen LogP contribution >= 0.6 is 0 Å². The fraction of sp³-hybridized carbons (Fsp3) is 0.824. The molecule has 1 aliphatic heterocycles. The monoisotopic (exact) mass is 293 g/mol. The van der Waals surface area contributed by atoms with Gasteiger partial charge in [-0.15, -0.1) is 0 Å². The number of hydrogen-bond donors (Lipinski definition) is 1. The molecule has 0 aliphatic carbocycles. The highest BCUT2D eigenvalue weighted by atomic mass is 16.3. The van der Waals surface area contributed by atoms with Crippen molar-refractivity contribution in [3.05, 3.63) is 18.2 Å². The van der Waals surface area contributed by atoms with Crippen LogP contribution in [0.25, 0.3) is 0 Å². The number of aromatic nitrogens is 2. The summed E-state index contributed by atoms with van der Waals surface area (Å²) in [5.41, 5.74) is 1.42. The molecule has 0 radical (unpaired) electrons. The first kappa shape index (κ1) is 16.5. The molecule has 1 atom stereocenters. The van der Waals surface area contributed by atoms with E-state index in [-0.39, 0.29) is 5.41 Å². The Hall–Kier alpha value is -0.870. The van der Waals surface area contributed by atoms with Crippen LogP contribution in [0.15, 0.2) is 12.5 Å². The van der Waals surface area contributed by atoms with Gasteiger partial charge in [-0.1, -0.05) is 27.2 Å². The van der Waals surface area contributed by atoms with E-state index in [1.807, 2.05) is 12.5 Å². The summed E-state index contributed by atoms with van der Waals surface area (Å²) in [5, 5.41) is 9.85. The van der Waals surface area contributed by atoms with Gasteiger partial charge in [0.05, 0.1) is 12.0 Å². The van der Waals surface area contributed by atoms with Gasteiger partial charge in [0, 0.05) is 37.9 Å². The third kappa shape index (κ3) is 4.30. The quantitative estimate of drug-likeness (QED) is 0.840. The maximum Gasteiger partial charge on any atom is 0.0948 e. The van der Waals surface area contributed by atoms with Gasteiger partial charge in [0.1, 0.15) is 0 Å². The molecule has 1 aromatic heterocycles. The molecule has 0 bridgehead atoms. The molecular formula is C17H31N3O. The predicted octanol–water partition coefficient (Wildman–Crippen LogP) is 2.91. The van der Waals surface area contributed by atoms with Gasteiger partial charge in [-0.2, -0.15) is 0 Å². The minimum absolute atomic E-state index is 0.121. The predicted molar refractivity (Wildman–Crippen MR) is 86.0 cm³/mol. The minimum atomic E-state index is 0.121. The van der Waals surface area contributed by atoms with Crippen LogP contribution in [0.1, 0.15) is 52.1 Å². The van der Waals surface area contributed by atoms with Gasteiger partial charge >= 0.3 is 0 Å². The zero-order valence-corrected chi connectivity index (χ0v) is 13.9. The highest BCUT2D eigenvalue weighted by Gasteiger charge is 2.34. The molecule has 2 heterocycles. The zero-order valence-electron chi connectivity index (χ0n) is 13.9. The van der Waals surface area contributed by atoms with Crippen molar-refractivity contribution in [2.75, 3.05) is 19.7 Å². The van der Waals surface area contributed by atoms with E-state index < -0.39 is 0 Å². The van der Waals surface area contributed by atoms with Crippen molar-refractivity contribution >= 4 is 0 Å². The number of likely N-dealkylation sites (tertiary alicyclic amines) is 1. The van der Waals surface area contributed by atoms with E-state index in [0.29, 0.717) is 12.5 Å². The lowest BCUT2D eigenvalue weighted by Crippen LogP contribution is -2.45. The smallest absolute Gasteiger partial charge is 0.0948 e.